The average Bonchev–Trinajstić information content (AvgIpc) is 3.97. The zero-order chi connectivity index (χ0) is 53.6. The first-order valence-corrected chi connectivity index (χ1v) is 24.8. The number of dihydropyridines is 1. The van der Waals surface area contributed by atoms with Crippen LogP contribution in [-0.4, -0.2) is 125 Å². The molecule has 0 fully saturated rings. The Kier molecular flexibility index (Phi) is 16.3. The van der Waals surface area contributed by atoms with Crippen LogP contribution in [0.1, 0.15) is 81.2 Å². The third-order valence-electron chi connectivity index (χ3n) is 14.0. The molecule has 1 aromatic carbocycles. The van der Waals surface area contributed by atoms with Gasteiger partial charge in [0.05, 0.1) is 55.2 Å². The van der Waals surface area contributed by atoms with Crippen molar-refractivity contribution in [2.75, 3.05) is 39.5 Å². The molecule has 23 heteroatoms. The number of cyclic esters (lactones) is 1. The Labute approximate surface area is 429 Å². The number of nitrogens with zero attached hydrogens (tertiary/aromatic N) is 2. The molecular formula is C52H58FN9O13. The fourth-order valence-corrected chi connectivity index (χ4v) is 10.0. The summed E-state index contributed by atoms with van der Waals surface area (Å²) in [7, 11) is 0. The summed E-state index contributed by atoms with van der Waals surface area (Å²) in [6.45, 7) is 1.01. The summed E-state index contributed by atoms with van der Waals surface area (Å²) in [5, 5.41) is 30.2. The second-order valence-electron chi connectivity index (χ2n) is 18.8. The molecule has 1 aromatic heterocycles. The van der Waals surface area contributed by atoms with Gasteiger partial charge in [0, 0.05) is 42.7 Å². The quantitative estimate of drug-likeness (QED) is 0.0323. The van der Waals surface area contributed by atoms with Gasteiger partial charge in [0.15, 0.2) is 5.60 Å². The summed E-state index contributed by atoms with van der Waals surface area (Å²) in [6.07, 6.45) is 6.36. The van der Waals surface area contributed by atoms with Crippen LogP contribution < -0.4 is 42.8 Å². The zero-order valence-corrected chi connectivity index (χ0v) is 41.4. The van der Waals surface area contributed by atoms with Crippen LogP contribution in [0.5, 0.6) is 0 Å². The van der Waals surface area contributed by atoms with Crippen LogP contribution >= 0.6 is 0 Å². The minimum absolute atomic E-state index is 0.0349. The number of halogens is 1. The lowest BCUT2D eigenvalue weighted by atomic mass is 9.72. The van der Waals surface area contributed by atoms with Crippen LogP contribution in [0, 0.1) is 0 Å². The molecule has 75 heavy (non-hydrogen) atoms. The number of esters is 1. The molecule has 4 aliphatic heterocycles. The van der Waals surface area contributed by atoms with Crippen molar-refractivity contribution in [3.05, 3.63) is 121 Å². The van der Waals surface area contributed by atoms with Crippen molar-refractivity contribution in [2.45, 2.75) is 102 Å². The van der Waals surface area contributed by atoms with Crippen molar-refractivity contribution >= 4 is 58.9 Å². The number of hydrogen-bond donors (Lipinski definition) is 8. The van der Waals surface area contributed by atoms with Crippen molar-refractivity contribution in [2.24, 2.45) is 0 Å². The first-order chi connectivity index (χ1) is 36.0. The fraction of sp³-hybridized carbons (Fsp3) is 0.423. The fourth-order valence-electron chi connectivity index (χ4n) is 10.0. The minimum Gasteiger partial charge on any atom is -0.458 e. The number of benzene rings is 1. The van der Waals surface area contributed by atoms with Crippen molar-refractivity contribution in [1.82, 2.24) is 46.7 Å². The molecule has 8 amide bonds. The van der Waals surface area contributed by atoms with E-state index in [9.17, 15) is 53.1 Å². The van der Waals surface area contributed by atoms with Gasteiger partial charge in [-0.25, -0.2) is 9.18 Å². The Morgan fingerprint density at radius 1 is 0.880 bits per heavy atom. The first kappa shape index (κ1) is 53.2. The van der Waals surface area contributed by atoms with Gasteiger partial charge in [0.25, 0.3) is 17.4 Å². The summed E-state index contributed by atoms with van der Waals surface area (Å²) in [6, 6.07) is 7.97. The maximum atomic E-state index is 15.4. The average molecular weight is 1040 g/mol. The maximum Gasteiger partial charge on any atom is 0.343 e. The van der Waals surface area contributed by atoms with E-state index in [2.05, 4.69) is 37.2 Å². The molecule has 2 aliphatic carbocycles. The summed E-state index contributed by atoms with van der Waals surface area (Å²) in [5.41, 5.74) is 2.91. The van der Waals surface area contributed by atoms with E-state index in [1.54, 1.807) is 50.2 Å². The van der Waals surface area contributed by atoms with Gasteiger partial charge in [-0.3, -0.25) is 48.1 Å². The summed E-state index contributed by atoms with van der Waals surface area (Å²) >= 11 is 0. The van der Waals surface area contributed by atoms with Crippen molar-refractivity contribution in [3.63, 3.8) is 0 Å². The number of imide groups is 1. The van der Waals surface area contributed by atoms with E-state index < -0.39 is 109 Å². The lowest BCUT2D eigenvalue weighted by Crippen LogP contribution is -2.52. The molecule has 396 valence electrons. The molecule has 1 unspecified atom stereocenters. The third kappa shape index (κ3) is 11.7. The summed E-state index contributed by atoms with van der Waals surface area (Å²) in [4.78, 5) is 128. The lowest BCUT2D eigenvalue weighted by Gasteiger charge is -2.41. The number of allylic oxidation sites excluding steroid dienone is 2. The molecule has 0 saturated carbocycles. The molecule has 0 spiro atoms. The van der Waals surface area contributed by atoms with E-state index in [0.29, 0.717) is 60.2 Å². The summed E-state index contributed by atoms with van der Waals surface area (Å²) < 4.78 is 27.6. The van der Waals surface area contributed by atoms with E-state index >= 15 is 4.39 Å². The largest absolute Gasteiger partial charge is 0.458 e. The van der Waals surface area contributed by atoms with E-state index in [1.165, 1.54) is 22.8 Å². The molecule has 8 N–H and O–H groups in total. The van der Waals surface area contributed by atoms with Crippen molar-refractivity contribution in [1.29, 1.82) is 0 Å². The number of nitrogens with one attached hydrogen (secondary N) is 7. The van der Waals surface area contributed by atoms with Gasteiger partial charge in [-0.2, -0.15) is 0 Å². The van der Waals surface area contributed by atoms with E-state index in [4.69, 9.17) is 9.47 Å². The minimum atomic E-state index is -2.03. The number of ether oxygens (including phenoxy) is 2. The number of aliphatic hydroxyl groups is 1. The monoisotopic (exact) mass is 1040 g/mol. The van der Waals surface area contributed by atoms with Crippen molar-refractivity contribution in [3.8, 4) is 0 Å². The van der Waals surface area contributed by atoms with Gasteiger partial charge in [0.1, 0.15) is 31.8 Å². The SMILES string of the molecule is CC[C@@]1(O)C(=O)OCc2c1cc1n(c2=O)CC2=C1NC1C=C(F)C(C)=C3CC[C@H](NC(=O)COCNC(=O)CNC(=O)[C@H](Cc4ccccc4)NC(=O)CNC(=O)CNC(=O)CCCCCN4C(=O)C=CC4=O)C2=C31. The molecule has 8 rings (SSSR count). The smallest absolute Gasteiger partial charge is 0.343 e. The number of hydrogen-bond acceptors (Lipinski definition) is 14. The predicted octanol–water partition coefficient (Wildman–Crippen LogP) is -0.390. The van der Waals surface area contributed by atoms with Gasteiger partial charge in [-0.15, -0.1) is 0 Å². The molecule has 6 aliphatic rings. The Hall–Kier alpha value is -8.05. The second kappa shape index (κ2) is 23.0. The number of rotatable bonds is 22. The number of carbonyl (C=O) groups excluding carboxylic acids is 9. The molecule has 0 saturated heterocycles. The highest BCUT2D eigenvalue weighted by Gasteiger charge is 2.48. The van der Waals surface area contributed by atoms with Crippen molar-refractivity contribution < 1.29 is 62.1 Å². The van der Waals surface area contributed by atoms with Crippen LogP contribution in [0.2, 0.25) is 0 Å². The molecule has 2 aromatic rings. The highest BCUT2D eigenvalue weighted by molar-refractivity contribution is 6.12. The van der Waals surface area contributed by atoms with Gasteiger partial charge in [-0.1, -0.05) is 43.7 Å². The van der Waals surface area contributed by atoms with Gasteiger partial charge < -0.3 is 56.4 Å². The highest BCUT2D eigenvalue weighted by Crippen LogP contribution is 2.48. The van der Waals surface area contributed by atoms with Gasteiger partial charge in [-0.05, 0) is 79.0 Å². The van der Waals surface area contributed by atoms with Crippen LogP contribution in [0.15, 0.2) is 93.1 Å². The van der Waals surface area contributed by atoms with Crippen LogP contribution in [0.3, 0.4) is 0 Å². The number of aromatic nitrogens is 1. The number of carbonyl (C=O) groups is 9. The van der Waals surface area contributed by atoms with Crippen LogP contribution in [0.25, 0.3) is 5.70 Å². The molecule has 22 nitrogen and oxygen atoms in total. The number of fused-ring (bicyclic) bond motifs is 4. The third-order valence-corrected chi connectivity index (χ3v) is 14.0. The lowest BCUT2D eigenvalue weighted by molar-refractivity contribution is -0.172. The van der Waals surface area contributed by atoms with E-state index in [0.717, 1.165) is 21.6 Å². The maximum absolute atomic E-state index is 15.4. The van der Waals surface area contributed by atoms with Gasteiger partial charge in [0.2, 0.25) is 35.4 Å². The first-order valence-electron chi connectivity index (χ1n) is 24.8. The van der Waals surface area contributed by atoms with E-state index in [1.807, 2.05) is 0 Å². The summed E-state index contributed by atoms with van der Waals surface area (Å²) in [5.74, 6) is -5.67. The highest BCUT2D eigenvalue weighted by atomic mass is 19.1. The Morgan fingerprint density at radius 2 is 1.59 bits per heavy atom. The topological polar surface area (TPSA) is 302 Å². The number of pyridine rings is 1. The van der Waals surface area contributed by atoms with Crippen LogP contribution in [-0.2, 0) is 77.8 Å². The Balaban J connectivity index is 0.796. The molecule has 0 bridgehead atoms. The Bertz CT molecular complexity index is 2940. The Morgan fingerprint density at radius 3 is 2.33 bits per heavy atom. The second-order valence-corrected chi connectivity index (χ2v) is 18.8. The predicted molar refractivity (Wildman–Crippen MR) is 263 cm³/mol. The number of amides is 8. The molecule has 0 radical (unpaired) electrons. The number of unbranched alkanes of at least 4 members (excludes halogenated alkanes) is 2. The zero-order valence-electron chi connectivity index (χ0n) is 41.4. The molecular weight excluding hydrogens is 978 g/mol. The van der Waals surface area contributed by atoms with Crippen LogP contribution in [0.4, 0.5) is 4.39 Å². The van der Waals surface area contributed by atoms with Gasteiger partial charge >= 0.3 is 5.97 Å². The standard InChI is InChI=1S/C52H58FN9O13/c1-3-52(73)33-19-38-48-31(24-62(38)50(71)32(33)25-75-51(52)72)47-35(14-13-30-28(2)34(53)20-36(60-48)46(30)47)58-43(67)26-74-27-57-41(65)22-56-49(70)37(18-29-10-6-4-7-11-29)59-42(66)23-55-40(64)21-54-39(63)12-8-5-9-17-61-44(68)15-16-45(61)69/h4,6-7,10-11,15-16,19-20,35-37,60,73H,3,5,8-9,12-14,17-18,21-27H2,1-2H3,(H,54,63)(H,55,64)(H,56,70)(H,57,65)(H,58,67)(H,59,66)/t35-,36?,37-,52-/m0/s1. The van der Waals surface area contributed by atoms with E-state index in [-0.39, 0.29) is 61.9 Å². The normalized spacial score (nSPS) is 20.5. The molecule has 4 atom stereocenters. The molecule has 5 heterocycles.